The smallest absolute Gasteiger partial charge is 0.284 e. The zero-order valence-corrected chi connectivity index (χ0v) is 11.6. The van der Waals surface area contributed by atoms with E-state index in [4.69, 9.17) is 0 Å². The van der Waals surface area contributed by atoms with E-state index in [1.807, 2.05) is 0 Å². The van der Waals surface area contributed by atoms with Gasteiger partial charge in [0.2, 0.25) is 0 Å². The van der Waals surface area contributed by atoms with E-state index in [-0.39, 0.29) is 11.3 Å². The maximum atomic E-state index is 14.0. The lowest BCUT2D eigenvalue weighted by atomic mass is 10.00. The summed E-state index contributed by atoms with van der Waals surface area (Å²) in [6.07, 6.45) is -2.10. The van der Waals surface area contributed by atoms with Crippen molar-refractivity contribution in [3.63, 3.8) is 0 Å². The predicted octanol–water partition coefficient (Wildman–Crippen LogP) is 3.07. The Labute approximate surface area is 124 Å². The average Bonchev–Trinajstić information content (AvgIpc) is 2.59. The second kappa shape index (κ2) is 5.29. The third kappa shape index (κ3) is 2.36. The second-order valence-electron chi connectivity index (χ2n) is 4.88. The van der Waals surface area contributed by atoms with Gasteiger partial charge < -0.3 is 4.90 Å². The first-order chi connectivity index (χ1) is 10.5. The van der Waals surface area contributed by atoms with Crippen molar-refractivity contribution in [2.24, 2.45) is 4.99 Å². The van der Waals surface area contributed by atoms with E-state index < -0.39 is 23.8 Å². The highest BCUT2D eigenvalue weighted by Crippen LogP contribution is 2.28. The highest BCUT2D eigenvalue weighted by Gasteiger charge is 2.29. The molecule has 0 radical (unpaired) electrons. The van der Waals surface area contributed by atoms with Crippen LogP contribution in [0.4, 0.5) is 18.9 Å². The SMILES string of the molecule is CN1C(=O)C(F)N=C(c2ccc(F)cc2)c2cc(F)ccc21. The Morgan fingerprint density at radius 1 is 1.05 bits per heavy atom. The molecule has 0 saturated heterocycles. The Bertz CT molecular complexity index is 771. The van der Waals surface area contributed by atoms with Crippen molar-refractivity contribution in [1.82, 2.24) is 0 Å². The van der Waals surface area contributed by atoms with Crippen LogP contribution in [0.5, 0.6) is 0 Å². The number of fused-ring (bicyclic) bond motifs is 1. The second-order valence-corrected chi connectivity index (χ2v) is 4.88. The number of likely N-dealkylation sites (N-methyl/N-ethyl adjacent to an activating group) is 1. The van der Waals surface area contributed by atoms with Gasteiger partial charge in [-0.25, -0.2) is 18.2 Å². The summed E-state index contributed by atoms with van der Waals surface area (Å²) in [5.74, 6) is -1.83. The van der Waals surface area contributed by atoms with Gasteiger partial charge in [0.15, 0.2) is 0 Å². The molecule has 3 nitrogen and oxygen atoms in total. The maximum Gasteiger partial charge on any atom is 0.284 e. The van der Waals surface area contributed by atoms with Crippen LogP contribution in [-0.2, 0) is 4.79 Å². The fourth-order valence-electron chi connectivity index (χ4n) is 2.34. The van der Waals surface area contributed by atoms with Crippen LogP contribution in [0.2, 0.25) is 0 Å². The number of anilines is 1. The first-order valence-corrected chi connectivity index (χ1v) is 6.52. The minimum Gasteiger partial charge on any atom is -0.311 e. The summed E-state index contributed by atoms with van der Waals surface area (Å²) >= 11 is 0. The number of alkyl halides is 1. The summed E-state index contributed by atoms with van der Waals surface area (Å²) < 4.78 is 40.7. The third-order valence-corrected chi connectivity index (χ3v) is 3.47. The first-order valence-electron chi connectivity index (χ1n) is 6.52. The van der Waals surface area contributed by atoms with Crippen molar-refractivity contribution in [3.05, 3.63) is 65.2 Å². The molecule has 0 fully saturated rings. The van der Waals surface area contributed by atoms with Crippen molar-refractivity contribution in [2.45, 2.75) is 6.30 Å². The number of aliphatic imine (C=N–C) groups is 1. The Morgan fingerprint density at radius 3 is 2.36 bits per heavy atom. The molecule has 1 aliphatic rings. The van der Waals surface area contributed by atoms with E-state index in [9.17, 15) is 18.0 Å². The van der Waals surface area contributed by atoms with Crippen molar-refractivity contribution >= 4 is 17.3 Å². The van der Waals surface area contributed by atoms with Gasteiger partial charge in [0, 0.05) is 18.2 Å². The van der Waals surface area contributed by atoms with Gasteiger partial charge in [-0.1, -0.05) is 0 Å². The van der Waals surface area contributed by atoms with Crippen LogP contribution < -0.4 is 4.90 Å². The predicted molar refractivity (Wildman–Crippen MR) is 76.7 cm³/mol. The number of nitrogens with zero attached hydrogens (tertiary/aromatic N) is 2. The normalized spacial score (nSPS) is 17.8. The molecule has 1 heterocycles. The quantitative estimate of drug-likeness (QED) is 0.745. The fraction of sp³-hybridized carbons (Fsp3) is 0.125. The highest BCUT2D eigenvalue weighted by molar-refractivity contribution is 6.19. The molecular formula is C16H11F3N2O. The lowest BCUT2D eigenvalue weighted by Gasteiger charge is -2.18. The van der Waals surface area contributed by atoms with Crippen LogP contribution in [0.15, 0.2) is 47.5 Å². The van der Waals surface area contributed by atoms with E-state index in [0.717, 1.165) is 4.90 Å². The van der Waals surface area contributed by atoms with E-state index in [1.165, 1.54) is 49.5 Å². The molecule has 0 N–H and O–H groups in total. The molecule has 0 bridgehead atoms. The molecule has 22 heavy (non-hydrogen) atoms. The van der Waals surface area contributed by atoms with E-state index in [0.29, 0.717) is 11.3 Å². The van der Waals surface area contributed by atoms with Gasteiger partial charge in [0.05, 0.1) is 11.4 Å². The van der Waals surface area contributed by atoms with Gasteiger partial charge in [-0.2, -0.15) is 0 Å². The van der Waals surface area contributed by atoms with Crippen molar-refractivity contribution in [1.29, 1.82) is 0 Å². The summed E-state index contributed by atoms with van der Waals surface area (Å²) in [7, 11) is 1.40. The van der Waals surface area contributed by atoms with E-state index in [2.05, 4.69) is 4.99 Å². The monoisotopic (exact) mass is 304 g/mol. The Morgan fingerprint density at radius 2 is 1.68 bits per heavy atom. The summed E-state index contributed by atoms with van der Waals surface area (Å²) in [5.41, 5.74) is 1.14. The summed E-state index contributed by atoms with van der Waals surface area (Å²) in [6, 6.07) is 8.96. The molecule has 1 atom stereocenters. The summed E-state index contributed by atoms with van der Waals surface area (Å²) in [4.78, 5) is 16.8. The lowest BCUT2D eigenvalue weighted by molar-refractivity contribution is -0.122. The summed E-state index contributed by atoms with van der Waals surface area (Å²) in [5, 5.41) is 0. The van der Waals surface area contributed by atoms with Crippen molar-refractivity contribution in [2.75, 3.05) is 11.9 Å². The molecule has 2 aromatic rings. The summed E-state index contributed by atoms with van der Waals surface area (Å²) in [6.45, 7) is 0. The number of hydrogen-bond acceptors (Lipinski definition) is 2. The maximum absolute atomic E-state index is 14.0. The minimum absolute atomic E-state index is 0.111. The van der Waals surface area contributed by atoms with E-state index in [1.54, 1.807) is 0 Å². The molecule has 0 saturated carbocycles. The highest BCUT2D eigenvalue weighted by atomic mass is 19.1. The molecule has 0 aromatic heterocycles. The molecule has 1 aliphatic heterocycles. The average molecular weight is 304 g/mol. The minimum atomic E-state index is -2.10. The van der Waals surface area contributed by atoms with Crippen LogP contribution in [-0.4, -0.2) is 25.0 Å². The standard InChI is InChI=1S/C16H11F3N2O/c1-21-13-7-6-11(18)8-12(13)14(20-15(19)16(21)22)9-2-4-10(17)5-3-9/h2-8,15H,1H3. The number of benzodiazepines with no additional fused rings is 1. The molecule has 0 aliphatic carbocycles. The number of hydrogen-bond donors (Lipinski definition) is 0. The van der Waals surface area contributed by atoms with E-state index >= 15 is 0 Å². The zero-order valence-electron chi connectivity index (χ0n) is 11.6. The molecule has 1 amide bonds. The zero-order chi connectivity index (χ0) is 15.9. The number of benzene rings is 2. The van der Waals surface area contributed by atoms with Crippen LogP contribution in [0, 0.1) is 11.6 Å². The molecule has 0 spiro atoms. The van der Waals surface area contributed by atoms with Crippen LogP contribution in [0.1, 0.15) is 11.1 Å². The van der Waals surface area contributed by atoms with Crippen LogP contribution in [0.25, 0.3) is 0 Å². The molecule has 2 aromatic carbocycles. The largest absolute Gasteiger partial charge is 0.311 e. The molecule has 3 rings (SSSR count). The number of halogens is 3. The molecular weight excluding hydrogens is 293 g/mol. The van der Waals surface area contributed by atoms with Crippen LogP contribution >= 0.6 is 0 Å². The molecule has 1 unspecified atom stereocenters. The van der Waals surface area contributed by atoms with Gasteiger partial charge >= 0.3 is 0 Å². The van der Waals surface area contributed by atoms with Crippen molar-refractivity contribution in [3.8, 4) is 0 Å². The number of carbonyl (C=O) groups excluding carboxylic acids is 1. The van der Waals surface area contributed by atoms with Gasteiger partial charge in [-0.3, -0.25) is 4.79 Å². The number of rotatable bonds is 1. The Balaban J connectivity index is 2.25. The van der Waals surface area contributed by atoms with Gasteiger partial charge in [0.1, 0.15) is 11.6 Å². The van der Waals surface area contributed by atoms with Crippen LogP contribution in [0.3, 0.4) is 0 Å². The first kappa shape index (κ1) is 14.3. The van der Waals surface area contributed by atoms with Gasteiger partial charge in [-0.05, 0) is 42.5 Å². The molecule has 6 heteroatoms. The van der Waals surface area contributed by atoms with Crippen molar-refractivity contribution < 1.29 is 18.0 Å². The van der Waals surface area contributed by atoms with Gasteiger partial charge in [-0.15, -0.1) is 0 Å². The lowest BCUT2D eigenvalue weighted by Crippen LogP contribution is -2.32. The number of amides is 1. The fourth-order valence-corrected chi connectivity index (χ4v) is 2.34. The Kier molecular flexibility index (Phi) is 3.44. The third-order valence-electron chi connectivity index (χ3n) is 3.47. The topological polar surface area (TPSA) is 32.7 Å². The number of carbonyl (C=O) groups is 1. The Hall–Kier alpha value is -2.63. The van der Waals surface area contributed by atoms with Gasteiger partial charge in [0.25, 0.3) is 12.2 Å². The molecule has 112 valence electrons.